The summed E-state index contributed by atoms with van der Waals surface area (Å²) < 4.78 is 0. The predicted molar refractivity (Wildman–Crippen MR) is 78.1 cm³/mol. The minimum absolute atomic E-state index is 0.453. The summed E-state index contributed by atoms with van der Waals surface area (Å²) in [6.45, 7) is 2.24. The van der Waals surface area contributed by atoms with Gasteiger partial charge in [0.15, 0.2) is 0 Å². The summed E-state index contributed by atoms with van der Waals surface area (Å²) in [5.41, 5.74) is 7.41. The zero-order valence-corrected chi connectivity index (χ0v) is 11.1. The molecule has 1 unspecified atom stereocenters. The number of hydrogen-bond acceptors (Lipinski definition) is 5. The van der Waals surface area contributed by atoms with Gasteiger partial charge in [-0.15, -0.1) is 0 Å². The van der Waals surface area contributed by atoms with E-state index in [0.717, 1.165) is 29.0 Å². The highest BCUT2D eigenvalue weighted by Gasteiger charge is 2.18. The highest BCUT2D eigenvalue weighted by Crippen LogP contribution is 2.23. The molecule has 5 heteroatoms. The molecule has 0 aliphatic carbocycles. The number of rotatable bonds is 2. The minimum Gasteiger partial charge on any atom is -0.399 e. The molecule has 1 aromatic carbocycles. The van der Waals surface area contributed by atoms with E-state index in [2.05, 4.69) is 27.2 Å². The van der Waals surface area contributed by atoms with E-state index in [1.54, 1.807) is 6.33 Å². The van der Waals surface area contributed by atoms with Gasteiger partial charge in [-0.05, 0) is 44.6 Å². The maximum absolute atomic E-state index is 5.79. The summed E-state index contributed by atoms with van der Waals surface area (Å²) in [6, 6.07) is 6.22. The number of anilines is 2. The van der Waals surface area contributed by atoms with Gasteiger partial charge in [0.1, 0.15) is 12.1 Å². The van der Waals surface area contributed by atoms with Gasteiger partial charge >= 0.3 is 0 Å². The fraction of sp³-hybridized carbons (Fsp3) is 0.429. The van der Waals surface area contributed by atoms with Gasteiger partial charge in [0.25, 0.3) is 0 Å². The van der Waals surface area contributed by atoms with Crippen LogP contribution in [0.1, 0.15) is 12.8 Å². The molecule has 0 bridgehead atoms. The van der Waals surface area contributed by atoms with E-state index in [4.69, 9.17) is 5.73 Å². The normalized spacial score (nSPS) is 20.6. The van der Waals surface area contributed by atoms with Gasteiger partial charge < -0.3 is 16.0 Å². The first-order valence-corrected chi connectivity index (χ1v) is 6.68. The minimum atomic E-state index is 0.453. The second-order valence-corrected chi connectivity index (χ2v) is 5.24. The maximum atomic E-state index is 5.79. The highest BCUT2D eigenvalue weighted by molar-refractivity contribution is 5.90. The fourth-order valence-corrected chi connectivity index (χ4v) is 2.67. The monoisotopic (exact) mass is 257 g/mol. The van der Waals surface area contributed by atoms with Crippen molar-refractivity contribution < 1.29 is 0 Å². The van der Waals surface area contributed by atoms with Crippen molar-refractivity contribution >= 4 is 22.4 Å². The molecule has 0 saturated carbocycles. The quantitative estimate of drug-likeness (QED) is 0.802. The van der Waals surface area contributed by atoms with Gasteiger partial charge in [-0.1, -0.05) is 0 Å². The van der Waals surface area contributed by atoms with E-state index >= 15 is 0 Å². The Labute approximate surface area is 112 Å². The van der Waals surface area contributed by atoms with Crippen LogP contribution in [0, 0.1) is 0 Å². The topological polar surface area (TPSA) is 67.1 Å². The maximum Gasteiger partial charge on any atom is 0.137 e. The van der Waals surface area contributed by atoms with Gasteiger partial charge in [-0.2, -0.15) is 0 Å². The number of aromatic nitrogens is 2. The van der Waals surface area contributed by atoms with Crippen LogP contribution in [0.25, 0.3) is 10.9 Å². The van der Waals surface area contributed by atoms with E-state index in [0.29, 0.717) is 6.04 Å². The van der Waals surface area contributed by atoms with Crippen LogP contribution < -0.4 is 11.1 Å². The summed E-state index contributed by atoms with van der Waals surface area (Å²) in [6.07, 6.45) is 4.01. The molecule has 1 atom stereocenters. The van der Waals surface area contributed by atoms with Crippen LogP contribution in [0.2, 0.25) is 0 Å². The highest BCUT2D eigenvalue weighted by atomic mass is 15.2. The zero-order chi connectivity index (χ0) is 13.2. The summed E-state index contributed by atoms with van der Waals surface area (Å²) >= 11 is 0. The molecule has 0 radical (unpaired) electrons. The van der Waals surface area contributed by atoms with Gasteiger partial charge in [-0.3, -0.25) is 0 Å². The summed E-state index contributed by atoms with van der Waals surface area (Å²) in [5, 5.41) is 4.57. The Balaban J connectivity index is 1.88. The molecule has 1 aliphatic rings. The molecule has 5 nitrogen and oxygen atoms in total. The molecule has 2 heterocycles. The molecule has 1 fully saturated rings. The molecule has 2 aromatic rings. The molecule has 3 N–H and O–H groups in total. The fourth-order valence-electron chi connectivity index (χ4n) is 2.67. The Morgan fingerprint density at radius 2 is 2.26 bits per heavy atom. The van der Waals surface area contributed by atoms with E-state index in [-0.39, 0.29) is 0 Å². The number of nitrogens with one attached hydrogen (secondary N) is 1. The van der Waals surface area contributed by atoms with Gasteiger partial charge in [0, 0.05) is 23.7 Å². The third-order valence-corrected chi connectivity index (χ3v) is 3.63. The number of fused-ring (bicyclic) bond motifs is 1. The van der Waals surface area contributed by atoms with Crippen molar-refractivity contribution in [1.82, 2.24) is 14.9 Å². The molecular weight excluding hydrogens is 238 g/mol. The Kier molecular flexibility index (Phi) is 3.21. The zero-order valence-electron chi connectivity index (χ0n) is 11.1. The number of nitrogens with zero attached hydrogens (tertiary/aromatic N) is 3. The lowest BCUT2D eigenvalue weighted by Crippen LogP contribution is -2.39. The Bertz CT molecular complexity index is 583. The Morgan fingerprint density at radius 1 is 1.37 bits per heavy atom. The molecule has 0 spiro atoms. The SMILES string of the molecule is CN1CCCC(Nc2ncnc3cc(N)ccc23)C1. The average Bonchev–Trinajstić information content (AvgIpc) is 2.38. The van der Waals surface area contributed by atoms with E-state index in [1.807, 2.05) is 18.2 Å². The van der Waals surface area contributed by atoms with Crippen molar-refractivity contribution in [3.05, 3.63) is 24.5 Å². The van der Waals surface area contributed by atoms with Crippen molar-refractivity contribution in [3.8, 4) is 0 Å². The van der Waals surface area contributed by atoms with Gasteiger partial charge in [0.2, 0.25) is 0 Å². The largest absolute Gasteiger partial charge is 0.399 e. The van der Waals surface area contributed by atoms with Crippen molar-refractivity contribution in [3.63, 3.8) is 0 Å². The Hall–Kier alpha value is -1.88. The number of likely N-dealkylation sites (tertiary alicyclic amines) is 1. The summed E-state index contributed by atoms with van der Waals surface area (Å²) in [7, 11) is 2.16. The lowest BCUT2D eigenvalue weighted by atomic mass is 10.1. The standard InChI is InChI=1S/C14H19N5/c1-19-6-2-3-11(8-19)18-14-12-5-4-10(15)7-13(12)16-9-17-14/h4-5,7,9,11H,2-3,6,8,15H2,1H3,(H,16,17,18). The predicted octanol–water partition coefficient (Wildman–Crippen LogP) is 1.72. The molecule has 1 saturated heterocycles. The summed E-state index contributed by atoms with van der Waals surface area (Å²) in [4.78, 5) is 11.0. The van der Waals surface area contributed by atoms with Crippen LogP contribution in [0.3, 0.4) is 0 Å². The molecule has 100 valence electrons. The van der Waals surface area contributed by atoms with E-state index < -0.39 is 0 Å². The van der Waals surface area contributed by atoms with Crippen molar-refractivity contribution in [2.24, 2.45) is 0 Å². The van der Waals surface area contributed by atoms with Crippen LogP contribution in [0.4, 0.5) is 11.5 Å². The number of nitrogen functional groups attached to an aromatic ring is 1. The first-order valence-electron chi connectivity index (χ1n) is 6.68. The van der Waals surface area contributed by atoms with Crippen molar-refractivity contribution in [1.29, 1.82) is 0 Å². The average molecular weight is 257 g/mol. The van der Waals surface area contributed by atoms with Crippen LogP contribution in [-0.2, 0) is 0 Å². The first kappa shape index (κ1) is 12.2. The second kappa shape index (κ2) is 5.01. The van der Waals surface area contributed by atoms with E-state index in [1.165, 1.54) is 19.4 Å². The molecular formula is C14H19N5. The van der Waals surface area contributed by atoms with Crippen LogP contribution in [0.15, 0.2) is 24.5 Å². The molecule has 19 heavy (non-hydrogen) atoms. The van der Waals surface area contributed by atoms with Crippen molar-refractivity contribution in [2.75, 3.05) is 31.2 Å². The van der Waals surface area contributed by atoms with Gasteiger partial charge in [0.05, 0.1) is 5.52 Å². The lowest BCUT2D eigenvalue weighted by Gasteiger charge is -2.30. The summed E-state index contributed by atoms with van der Waals surface area (Å²) in [5.74, 6) is 0.908. The van der Waals surface area contributed by atoms with Crippen LogP contribution in [0.5, 0.6) is 0 Å². The Morgan fingerprint density at radius 3 is 3.11 bits per heavy atom. The second-order valence-electron chi connectivity index (χ2n) is 5.24. The number of hydrogen-bond donors (Lipinski definition) is 2. The number of likely N-dealkylation sites (N-methyl/N-ethyl adjacent to an activating group) is 1. The first-order chi connectivity index (χ1) is 9.22. The smallest absolute Gasteiger partial charge is 0.137 e. The number of nitrogens with two attached hydrogens (primary N) is 1. The van der Waals surface area contributed by atoms with Crippen LogP contribution >= 0.6 is 0 Å². The van der Waals surface area contributed by atoms with E-state index in [9.17, 15) is 0 Å². The number of benzene rings is 1. The van der Waals surface area contributed by atoms with Gasteiger partial charge in [-0.25, -0.2) is 9.97 Å². The molecule has 1 aromatic heterocycles. The molecule has 0 amide bonds. The lowest BCUT2D eigenvalue weighted by molar-refractivity contribution is 0.261. The third kappa shape index (κ3) is 2.61. The molecule has 3 rings (SSSR count). The number of piperidine rings is 1. The third-order valence-electron chi connectivity index (χ3n) is 3.63. The van der Waals surface area contributed by atoms with Crippen molar-refractivity contribution in [2.45, 2.75) is 18.9 Å². The molecule has 1 aliphatic heterocycles. The van der Waals surface area contributed by atoms with Crippen LogP contribution in [-0.4, -0.2) is 41.0 Å².